The SMILES string of the molecule is CCOC(=O)C1CCCCN1CC(=O)N1N=C(c2ccccc2)CC1c1ccc(C)cc1. The van der Waals surface area contributed by atoms with E-state index in [0.29, 0.717) is 19.6 Å². The summed E-state index contributed by atoms with van der Waals surface area (Å²) in [5.41, 5.74) is 4.19. The van der Waals surface area contributed by atoms with E-state index in [1.807, 2.05) is 42.2 Å². The number of hydrazone groups is 1. The molecule has 4 rings (SSSR count). The predicted octanol–water partition coefficient (Wildman–Crippen LogP) is 4.09. The zero-order valence-corrected chi connectivity index (χ0v) is 18.9. The van der Waals surface area contributed by atoms with Crippen LogP contribution in [0.25, 0.3) is 0 Å². The van der Waals surface area contributed by atoms with Gasteiger partial charge in [0.05, 0.1) is 24.9 Å². The van der Waals surface area contributed by atoms with Crippen LogP contribution in [-0.4, -0.2) is 53.2 Å². The second-order valence-electron chi connectivity index (χ2n) is 8.52. The van der Waals surface area contributed by atoms with Gasteiger partial charge in [-0.15, -0.1) is 0 Å². The number of aryl methyl sites for hydroxylation is 1. The van der Waals surface area contributed by atoms with Crippen LogP contribution in [0.15, 0.2) is 59.7 Å². The van der Waals surface area contributed by atoms with Gasteiger partial charge in [-0.25, -0.2) is 5.01 Å². The van der Waals surface area contributed by atoms with Crippen LogP contribution in [0.2, 0.25) is 0 Å². The summed E-state index contributed by atoms with van der Waals surface area (Å²) in [4.78, 5) is 27.9. The third-order valence-corrected chi connectivity index (χ3v) is 6.25. The molecule has 2 aliphatic rings. The molecule has 1 saturated heterocycles. The smallest absolute Gasteiger partial charge is 0.323 e. The van der Waals surface area contributed by atoms with Gasteiger partial charge in [0.2, 0.25) is 0 Å². The van der Waals surface area contributed by atoms with Crippen LogP contribution in [-0.2, 0) is 14.3 Å². The van der Waals surface area contributed by atoms with Crippen molar-refractivity contribution < 1.29 is 14.3 Å². The molecule has 0 radical (unpaired) electrons. The summed E-state index contributed by atoms with van der Waals surface area (Å²) in [5, 5.41) is 6.40. The standard InChI is InChI=1S/C26H31N3O3/c1-3-32-26(31)23-11-7-8-16-28(23)18-25(30)29-24(21-14-12-19(2)13-15-21)17-22(27-29)20-9-5-4-6-10-20/h4-6,9-10,12-15,23-24H,3,7-8,11,16-18H2,1-2H3. The largest absolute Gasteiger partial charge is 0.465 e. The van der Waals surface area contributed by atoms with E-state index in [1.54, 1.807) is 5.01 Å². The van der Waals surface area contributed by atoms with Crippen molar-refractivity contribution in [3.63, 3.8) is 0 Å². The van der Waals surface area contributed by atoms with Gasteiger partial charge in [0, 0.05) is 6.42 Å². The minimum absolute atomic E-state index is 0.0855. The topological polar surface area (TPSA) is 62.2 Å². The monoisotopic (exact) mass is 433 g/mol. The van der Waals surface area contributed by atoms with E-state index in [0.717, 1.165) is 36.1 Å². The molecule has 2 aromatic carbocycles. The van der Waals surface area contributed by atoms with Gasteiger partial charge in [0.1, 0.15) is 6.04 Å². The summed E-state index contributed by atoms with van der Waals surface area (Å²) in [5.74, 6) is -0.317. The van der Waals surface area contributed by atoms with Crippen LogP contribution in [0.1, 0.15) is 55.3 Å². The Balaban J connectivity index is 1.58. The Morgan fingerprint density at radius 1 is 1.06 bits per heavy atom. The second-order valence-corrected chi connectivity index (χ2v) is 8.52. The summed E-state index contributed by atoms with van der Waals surface area (Å²) < 4.78 is 5.26. The molecule has 2 unspecified atom stereocenters. The van der Waals surface area contributed by atoms with Crippen LogP contribution in [0.5, 0.6) is 0 Å². The third-order valence-electron chi connectivity index (χ3n) is 6.25. The number of esters is 1. The molecule has 0 spiro atoms. The Bertz CT molecular complexity index is 972. The van der Waals surface area contributed by atoms with Crippen LogP contribution >= 0.6 is 0 Å². The van der Waals surface area contributed by atoms with Crippen molar-refractivity contribution >= 4 is 17.6 Å². The highest BCUT2D eigenvalue weighted by atomic mass is 16.5. The summed E-state index contributed by atoms with van der Waals surface area (Å²) in [6.07, 6.45) is 3.34. The lowest BCUT2D eigenvalue weighted by Crippen LogP contribution is -2.49. The molecule has 2 atom stereocenters. The normalized spacial score (nSPS) is 21.3. The molecule has 2 heterocycles. The maximum Gasteiger partial charge on any atom is 0.323 e. The van der Waals surface area contributed by atoms with E-state index in [9.17, 15) is 9.59 Å². The van der Waals surface area contributed by atoms with Crippen molar-refractivity contribution in [2.75, 3.05) is 19.7 Å². The molecule has 1 amide bonds. The predicted molar refractivity (Wildman–Crippen MR) is 124 cm³/mol. The van der Waals surface area contributed by atoms with E-state index in [-0.39, 0.29) is 30.5 Å². The molecule has 0 aromatic heterocycles. The van der Waals surface area contributed by atoms with Crippen molar-refractivity contribution in [2.45, 2.75) is 51.6 Å². The molecule has 2 aromatic rings. The average molecular weight is 434 g/mol. The fourth-order valence-corrected chi connectivity index (χ4v) is 4.53. The number of carbonyl (C=O) groups excluding carboxylic acids is 2. The lowest BCUT2D eigenvalue weighted by atomic mass is 9.97. The number of amides is 1. The Hall–Kier alpha value is -2.99. The Labute approximate surface area is 189 Å². The summed E-state index contributed by atoms with van der Waals surface area (Å²) in [7, 11) is 0. The minimum Gasteiger partial charge on any atom is -0.465 e. The number of hydrogen-bond donors (Lipinski definition) is 0. The maximum absolute atomic E-state index is 13.5. The minimum atomic E-state index is -0.356. The number of piperidine rings is 1. The van der Waals surface area contributed by atoms with E-state index in [4.69, 9.17) is 9.84 Å². The lowest BCUT2D eigenvalue weighted by Gasteiger charge is -2.34. The second kappa shape index (κ2) is 10.1. The number of hydrogen-bond acceptors (Lipinski definition) is 5. The van der Waals surface area contributed by atoms with Crippen LogP contribution < -0.4 is 0 Å². The van der Waals surface area contributed by atoms with Crippen molar-refractivity contribution in [2.24, 2.45) is 5.10 Å². The van der Waals surface area contributed by atoms with E-state index >= 15 is 0 Å². The highest BCUT2D eigenvalue weighted by Crippen LogP contribution is 2.33. The van der Waals surface area contributed by atoms with Crippen LogP contribution in [0.4, 0.5) is 0 Å². The van der Waals surface area contributed by atoms with Gasteiger partial charge in [0.25, 0.3) is 5.91 Å². The Morgan fingerprint density at radius 3 is 2.53 bits per heavy atom. The quantitative estimate of drug-likeness (QED) is 0.644. The van der Waals surface area contributed by atoms with Crippen molar-refractivity contribution in [1.29, 1.82) is 0 Å². The molecule has 168 valence electrons. The van der Waals surface area contributed by atoms with Crippen molar-refractivity contribution in [1.82, 2.24) is 9.91 Å². The Morgan fingerprint density at radius 2 is 1.81 bits per heavy atom. The molecule has 0 N–H and O–H groups in total. The molecule has 32 heavy (non-hydrogen) atoms. The van der Waals surface area contributed by atoms with E-state index in [1.165, 1.54) is 5.56 Å². The van der Waals surface area contributed by atoms with Crippen LogP contribution in [0.3, 0.4) is 0 Å². The Kier molecular flexibility index (Phi) is 7.00. The highest BCUT2D eigenvalue weighted by Gasteiger charge is 2.36. The van der Waals surface area contributed by atoms with Crippen molar-refractivity contribution in [3.8, 4) is 0 Å². The molecule has 6 heteroatoms. The first-order valence-corrected chi connectivity index (χ1v) is 11.5. The molecule has 1 fully saturated rings. The first kappa shape index (κ1) is 22.2. The van der Waals surface area contributed by atoms with Gasteiger partial charge in [-0.1, -0.05) is 66.6 Å². The molecule has 0 aliphatic carbocycles. The van der Waals surface area contributed by atoms with Crippen LogP contribution in [0, 0.1) is 6.92 Å². The van der Waals surface area contributed by atoms with Crippen molar-refractivity contribution in [3.05, 3.63) is 71.3 Å². The van der Waals surface area contributed by atoms with Gasteiger partial charge < -0.3 is 4.74 Å². The van der Waals surface area contributed by atoms with Gasteiger partial charge in [0.15, 0.2) is 0 Å². The molecule has 0 saturated carbocycles. The van der Waals surface area contributed by atoms with Gasteiger partial charge in [-0.2, -0.15) is 5.10 Å². The first-order chi connectivity index (χ1) is 15.6. The van der Waals surface area contributed by atoms with Gasteiger partial charge in [-0.05, 0) is 44.4 Å². The number of nitrogens with zero attached hydrogens (tertiary/aromatic N) is 3. The number of rotatable bonds is 6. The summed E-state index contributed by atoms with van der Waals surface area (Å²) in [6.45, 7) is 5.10. The zero-order chi connectivity index (χ0) is 22.5. The first-order valence-electron chi connectivity index (χ1n) is 11.5. The molecule has 6 nitrogen and oxygen atoms in total. The van der Waals surface area contributed by atoms with Gasteiger partial charge in [-0.3, -0.25) is 14.5 Å². The van der Waals surface area contributed by atoms with Gasteiger partial charge >= 0.3 is 5.97 Å². The number of benzene rings is 2. The number of ether oxygens (including phenoxy) is 1. The number of carbonyl (C=O) groups is 2. The molecular formula is C26H31N3O3. The molecule has 0 bridgehead atoms. The average Bonchev–Trinajstić information content (AvgIpc) is 3.26. The highest BCUT2D eigenvalue weighted by molar-refractivity contribution is 6.03. The third kappa shape index (κ3) is 4.91. The number of likely N-dealkylation sites (tertiary alicyclic amines) is 1. The fraction of sp³-hybridized carbons (Fsp3) is 0.423. The van der Waals surface area contributed by atoms with E-state index < -0.39 is 0 Å². The lowest BCUT2D eigenvalue weighted by molar-refractivity contribution is -0.152. The molecular weight excluding hydrogens is 402 g/mol. The summed E-state index contributed by atoms with van der Waals surface area (Å²) >= 11 is 0. The maximum atomic E-state index is 13.5. The zero-order valence-electron chi connectivity index (χ0n) is 18.9. The molecule has 2 aliphatic heterocycles. The summed E-state index contributed by atoms with van der Waals surface area (Å²) in [6, 6.07) is 17.8. The van der Waals surface area contributed by atoms with E-state index in [2.05, 4.69) is 31.2 Å². The fourth-order valence-electron chi connectivity index (χ4n) is 4.53.